The first-order valence-electron chi connectivity index (χ1n) is 5.72. The number of rotatable bonds is 1. The van der Waals surface area contributed by atoms with Crippen LogP contribution in [0.25, 0.3) is 11.4 Å². The highest BCUT2D eigenvalue weighted by molar-refractivity contribution is 7.71. The van der Waals surface area contributed by atoms with E-state index in [1.807, 2.05) is 0 Å². The van der Waals surface area contributed by atoms with E-state index in [0.717, 1.165) is 30.5 Å². The zero-order valence-corrected chi connectivity index (χ0v) is 11.0. The molecular formula is C13H10ClFN2S. The summed E-state index contributed by atoms with van der Waals surface area (Å²) in [7, 11) is 0. The summed E-state index contributed by atoms with van der Waals surface area (Å²) in [5, 5.41) is 0.339. The number of aryl methyl sites for hydroxylation is 1. The molecule has 0 saturated carbocycles. The second kappa shape index (κ2) is 4.44. The number of hydrogen-bond donors (Lipinski definition) is 1. The Kier molecular flexibility index (Phi) is 2.92. The zero-order valence-electron chi connectivity index (χ0n) is 9.46. The standard InChI is InChI=1S/C13H10ClFN2S/c14-10-6-7(15)4-5-8(10)12-16-11-3-1-2-9(11)13(18)17-12/h4-6H,1-3H2,(H,16,17,18). The predicted octanol–water partition coefficient (Wildman–Crippen LogP) is 4.09. The lowest BCUT2D eigenvalue weighted by Gasteiger charge is -2.07. The molecule has 3 rings (SSSR count). The molecule has 1 N–H and O–H groups in total. The first-order chi connectivity index (χ1) is 8.65. The summed E-state index contributed by atoms with van der Waals surface area (Å²) in [4.78, 5) is 7.62. The molecule has 0 saturated heterocycles. The monoisotopic (exact) mass is 280 g/mol. The third kappa shape index (κ3) is 1.95. The van der Waals surface area contributed by atoms with E-state index in [-0.39, 0.29) is 5.82 Å². The van der Waals surface area contributed by atoms with Gasteiger partial charge in [0.25, 0.3) is 0 Å². The average Bonchev–Trinajstić information content (AvgIpc) is 2.77. The van der Waals surface area contributed by atoms with Crippen molar-refractivity contribution >= 4 is 23.8 Å². The van der Waals surface area contributed by atoms with E-state index >= 15 is 0 Å². The molecule has 5 heteroatoms. The van der Waals surface area contributed by atoms with Gasteiger partial charge in [0.05, 0.1) is 5.02 Å². The topological polar surface area (TPSA) is 28.7 Å². The van der Waals surface area contributed by atoms with Gasteiger partial charge in [0.1, 0.15) is 16.3 Å². The Bertz CT molecular complexity index is 681. The number of fused-ring (bicyclic) bond motifs is 1. The summed E-state index contributed by atoms with van der Waals surface area (Å²) in [6.45, 7) is 0. The fraction of sp³-hybridized carbons (Fsp3) is 0.231. The molecule has 1 aromatic carbocycles. The van der Waals surface area contributed by atoms with E-state index in [0.29, 0.717) is 21.1 Å². The lowest BCUT2D eigenvalue weighted by Crippen LogP contribution is -1.97. The third-order valence-corrected chi connectivity index (χ3v) is 3.80. The van der Waals surface area contributed by atoms with E-state index in [1.54, 1.807) is 6.07 Å². The Morgan fingerprint density at radius 2 is 2.17 bits per heavy atom. The van der Waals surface area contributed by atoms with E-state index < -0.39 is 0 Å². The molecule has 1 aliphatic rings. The van der Waals surface area contributed by atoms with Gasteiger partial charge in [0.2, 0.25) is 0 Å². The van der Waals surface area contributed by atoms with E-state index in [4.69, 9.17) is 23.8 Å². The smallest absolute Gasteiger partial charge is 0.140 e. The van der Waals surface area contributed by atoms with Gasteiger partial charge in [-0.3, -0.25) is 0 Å². The fourth-order valence-electron chi connectivity index (χ4n) is 2.27. The molecule has 0 radical (unpaired) electrons. The lowest BCUT2D eigenvalue weighted by atomic mass is 10.2. The minimum absolute atomic E-state index is 0.339. The van der Waals surface area contributed by atoms with Crippen molar-refractivity contribution in [1.82, 2.24) is 9.97 Å². The van der Waals surface area contributed by atoms with Crippen LogP contribution in [0.5, 0.6) is 0 Å². The third-order valence-electron chi connectivity index (χ3n) is 3.14. The number of aromatic nitrogens is 2. The van der Waals surface area contributed by atoms with Crippen molar-refractivity contribution in [3.8, 4) is 11.4 Å². The molecule has 92 valence electrons. The van der Waals surface area contributed by atoms with Crippen LogP contribution >= 0.6 is 23.8 Å². The quantitative estimate of drug-likeness (QED) is 0.797. The van der Waals surface area contributed by atoms with Crippen LogP contribution in [0.4, 0.5) is 4.39 Å². The van der Waals surface area contributed by atoms with Crippen molar-refractivity contribution < 1.29 is 4.39 Å². The molecule has 0 bridgehead atoms. The second-order valence-electron chi connectivity index (χ2n) is 4.33. The molecule has 2 aromatic rings. The van der Waals surface area contributed by atoms with Crippen molar-refractivity contribution in [1.29, 1.82) is 0 Å². The summed E-state index contributed by atoms with van der Waals surface area (Å²) in [5.41, 5.74) is 2.94. The Morgan fingerprint density at radius 1 is 1.33 bits per heavy atom. The number of H-pyrrole nitrogens is 1. The maximum Gasteiger partial charge on any atom is 0.140 e. The van der Waals surface area contributed by atoms with Crippen molar-refractivity contribution in [3.05, 3.63) is 44.9 Å². The van der Waals surface area contributed by atoms with Crippen LogP contribution in [0.2, 0.25) is 5.02 Å². The molecule has 1 aliphatic carbocycles. The number of nitrogens with zero attached hydrogens (tertiary/aromatic N) is 1. The fourth-order valence-corrected chi connectivity index (χ4v) is 2.84. The van der Waals surface area contributed by atoms with Crippen LogP contribution in [0.3, 0.4) is 0 Å². The molecule has 1 aromatic heterocycles. The number of benzene rings is 1. The van der Waals surface area contributed by atoms with Gasteiger partial charge >= 0.3 is 0 Å². The molecule has 18 heavy (non-hydrogen) atoms. The highest BCUT2D eigenvalue weighted by atomic mass is 35.5. The maximum atomic E-state index is 13.0. The molecule has 0 aliphatic heterocycles. The highest BCUT2D eigenvalue weighted by Gasteiger charge is 2.16. The zero-order chi connectivity index (χ0) is 12.7. The van der Waals surface area contributed by atoms with E-state index in [2.05, 4.69) is 9.97 Å². The van der Waals surface area contributed by atoms with Crippen LogP contribution in [0.15, 0.2) is 18.2 Å². The van der Waals surface area contributed by atoms with E-state index in [1.165, 1.54) is 12.1 Å². The minimum Gasteiger partial charge on any atom is -0.343 e. The van der Waals surface area contributed by atoms with Crippen molar-refractivity contribution in [3.63, 3.8) is 0 Å². The highest BCUT2D eigenvalue weighted by Crippen LogP contribution is 2.28. The summed E-state index contributed by atoms with van der Waals surface area (Å²) >= 11 is 11.3. The maximum absolute atomic E-state index is 13.0. The van der Waals surface area contributed by atoms with Crippen LogP contribution < -0.4 is 0 Å². The SMILES string of the molecule is Fc1ccc(-c2nc(=S)c3c([nH]2)CCC3)c(Cl)c1. The first kappa shape index (κ1) is 11.8. The van der Waals surface area contributed by atoms with Gasteiger partial charge in [-0.05, 0) is 37.5 Å². The van der Waals surface area contributed by atoms with Crippen LogP contribution in [-0.4, -0.2) is 9.97 Å². The van der Waals surface area contributed by atoms with Gasteiger partial charge in [0.15, 0.2) is 0 Å². The molecule has 1 heterocycles. The average molecular weight is 281 g/mol. The largest absolute Gasteiger partial charge is 0.343 e. The van der Waals surface area contributed by atoms with Crippen molar-refractivity contribution in [2.45, 2.75) is 19.3 Å². The number of nitrogens with one attached hydrogen (secondary N) is 1. The van der Waals surface area contributed by atoms with Crippen LogP contribution in [0, 0.1) is 10.5 Å². The Morgan fingerprint density at radius 3 is 2.94 bits per heavy atom. The Balaban J connectivity index is 2.18. The molecule has 0 fully saturated rings. The number of halogens is 2. The Labute approximate surface area is 114 Å². The van der Waals surface area contributed by atoms with Crippen LogP contribution in [-0.2, 0) is 12.8 Å². The molecule has 2 nitrogen and oxygen atoms in total. The van der Waals surface area contributed by atoms with Crippen LogP contribution in [0.1, 0.15) is 17.7 Å². The van der Waals surface area contributed by atoms with Gasteiger partial charge in [-0.15, -0.1) is 0 Å². The molecule has 0 spiro atoms. The van der Waals surface area contributed by atoms with Crippen molar-refractivity contribution in [2.24, 2.45) is 0 Å². The van der Waals surface area contributed by atoms with Gasteiger partial charge in [0, 0.05) is 16.8 Å². The molecule has 0 unspecified atom stereocenters. The normalized spacial score (nSPS) is 13.7. The number of aromatic amines is 1. The predicted molar refractivity (Wildman–Crippen MR) is 71.9 cm³/mol. The number of hydrogen-bond acceptors (Lipinski definition) is 2. The van der Waals surface area contributed by atoms with Gasteiger partial charge in [-0.2, -0.15) is 0 Å². The van der Waals surface area contributed by atoms with Gasteiger partial charge in [-0.1, -0.05) is 23.8 Å². The first-order valence-corrected chi connectivity index (χ1v) is 6.51. The summed E-state index contributed by atoms with van der Waals surface area (Å²) in [6.07, 6.45) is 3.06. The summed E-state index contributed by atoms with van der Waals surface area (Å²) in [5.74, 6) is 0.258. The van der Waals surface area contributed by atoms with E-state index in [9.17, 15) is 4.39 Å². The molecule has 0 atom stereocenters. The molecular weight excluding hydrogens is 271 g/mol. The minimum atomic E-state index is -0.358. The summed E-state index contributed by atoms with van der Waals surface area (Å²) in [6, 6.07) is 4.27. The summed E-state index contributed by atoms with van der Waals surface area (Å²) < 4.78 is 13.6. The lowest BCUT2D eigenvalue weighted by molar-refractivity contribution is 0.628. The molecule has 0 amide bonds. The van der Waals surface area contributed by atoms with Crippen molar-refractivity contribution in [2.75, 3.05) is 0 Å². The van der Waals surface area contributed by atoms with Gasteiger partial charge < -0.3 is 4.98 Å². The van der Waals surface area contributed by atoms with Gasteiger partial charge in [-0.25, -0.2) is 9.37 Å². The second-order valence-corrected chi connectivity index (χ2v) is 5.12. The Hall–Kier alpha value is -1.26.